The first kappa shape index (κ1) is 23.4. The Morgan fingerprint density at radius 2 is 1.88 bits per heavy atom. The number of esters is 1. The SMILES string of the molecule is COC(=O)c1ccc(NC(=O)c2cnn(-c3cccc(F)c3)c2C2CCNCC2)cc1.Cl. The number of ether oxygens (including phenoxy) is 1. The maximum atomic E-state index is 13.8. The zero-order valence-corrected chi connectivity index (χ0v) is 18.3. The Hall–Kier alpha value is -3.23. The van der Waals surface area contributed by atoms with Crippen LogP contribution in [0.15, 0.2) is 54.7 Å². The van der Waals surface area contributed by atoms with Gasteiger partial charge in [-0.1, -0.05) is 6.07 Å². The molecule has 0 saturated carbocycles. The fraction of sp³-hybridized carbons (Fsp3) is 0.261. The average molecular weight is 459 g/mol. The molecule has 1 aliphatic rings. The number of piperidine rings is 1. The Balaban J connectivity index is 0.00000289. The number of carbonyl (C=O) groups is 2. The number of aromatic nitrogens is 2. The van der Waals surface area contributed by atoms with Crippen LogP contribution in [0.2, 0.25) is 0 Å². The first-order chi connectivity index (χ1) is 15.1. The molecule has 0 spiro atoms. The van der Waals surface area contributed by atoms with Crippen LogP contribution in [0.3, 0.4) is 0 Å². The molecule has 0 atom stereocenters. The fourth-order valence-electron chi connectivity index (χ4n) is 3.84. The van der Waals surface area contributed by atoms with Crippen molar-refractivity contribution in [2.24, 2.45) is 0 Å². The second-order valence-corrected chi connectivity index (χ2v) is 7.38. The lowest BCUT2D eigenvalue weighted by Gasteiger charge is -2.24. The summed E-state index contributed by atoms with van der Waals surface area (Å²) in [6, 6.07) is 12.6. The summed E-state index contributed by atoms with van der Waals surface area (Å²) in [5.41, 5.74) is 2.75. The van der Waals surface area contributed by atoms with Crippen molar-refractivity contribution in [3.05, 3.63) is 77.4 Å². The van der Waals surface area contributed by atoms with Crippen molar-refractivity contribution in [2.75, 3.05) is 25.5 Å². The van der Waals surface area contributed by atoms with Gasteiger partial charge in [0, 0.05) is 11.6 Å². The number of halogens is 2. The predicted octanol–water partition coefficient (Wildman–Crippen LogP) is 3.94. The molecule has 3 aromatic rings. The summed E-state index contributed by atoms with van der Waals surface area (Å²) in [5.74, 6) is -0.986. The summed E-state index contributed by atoms with van der Waals surface area (Å²) in [6.45, 7) is 1.68. The maximum Gasteiger partial charge on any atom is 0.337 e. The summed E-state index contributed by atoms with van der Waals surface area (Å²) in [7, 11) is 1.32. The summed E-state index contributed by atoms with van der Waals surface area (Å²) < 4.78 is 20.2. The molecule has 2 N–H and O–H groups in total. The van der Waals surface area contributed by atoms with Crippen LogP contribution >= 0.6 is 12.4 Å². The van der Waals surface area contributed by atoms with E-state index in [0.717, 1.165) is 31.6 Å². The molecule has 2 heterocycles. The van der Waals surface area contributed by atoms with Crippen LogP contribution in [0, 0.1) is 5.82 Å². The normalized spacial score (nSPS) is 13.8. The maximum absolute atomic E-state index is 13.8. The van der Waals surface area contributed by atoms with E-state index in [9.17, 15) is 14.0 Å². The highest BCUT2D eigenvalue weighted by Gasteiger charge is 2.27. The van der Waals surface area contributed by atoms with Gasteiger partial charge < -0.3 is 15.4 Å². The van der Waals surface area contributed by atoms with Crippen molar-refractivity contribution in [1.29, 1.82) is 0 Å². The minimum Gasteiger partial charge on any atom is -0.465 e. The highest BCUT2D eigenvalue weighted by atomic mass is 35.5. The average Bonchev–Trinajstić information content (AvgIpc) is 3.25. The zero-order valence-electron chi connectivity index (χ0n) is 17.5. The number of anilines is 1. The third kappa shape index (κ3) is 4.98. The largest absolute Gasteiger partial charge is 0.465 e. The summed E-state index contributed by atoms with van der Waals surface area (Å²) in [4.78, 5) is 24.7. The van der Waals surface area contributed by atoms with Crippen LogP contribution in [0.4, 0.5) is 10.1 Å². The Kier molecular flexibility index (Phi) is 7.61. The first-order valence-electron chi connectivity index (χ1n) is 10.1. The monoisotopic (exact) mass is 458 g/mol. The molecule has 1 saturated heterocycles. The third-order valence-corrected chi connectivity index (χ3v) is 5.39. The second kappa shape index (κ2) is 10.4. The molecule has 0 aliphatic carbocycles. The van der Waals surface area contributed by atoms with Gasteiger partial charge in [-0.15, -0.1) is 12.4 Å². The van der Waals surface area contributed by atoms with Crippen LogP contribution < -0.4 is 10.6 Å². The number of carbonyl (C=O) groups excluding carboxylic acids is 2. The standard InChI is InChI=1S/C23H23FN4O3.ClH/c1-31-23(30)16-5-7-18(8-6-16)27-22(29)20-14-26-28(19-4-2-3-17(24)13-19)21(20)15-9-11-25-12-10-15;/h2-8,13-15,25H,9-12H2,1H3,(H,27,29);1H. The number of hydrogen-bond donors (Lipinski definition) is 2. The van der Waals surface area contributed by atoms with Crippen molar-refractivity contribution >= 4 is 30.0 Å². The van der Waals surface area contributed by atoms with Gasteiger partial charge in [-0.05, 0) is 68.4 Å². The molecule has 4 rings (SSSR count). The van der Waals surface area contributed by atoms with Gasteiger partial charge in [-0.2, -0.15) is 5.10 Å². The van der Waals surface area contributed by atoms with Gasteiger partial charge in [0.05, 0.1) is 35.8 Å². The molecule has 0 unspecified atom stereocenters. The molecule has 1 aromatic heterocycles. The van der Waals surface area contributed by atoms with Crippen LogP contribution in [-0.2, 0) is 4.74 Å². The van der Waals surface area contributed by atoms with Gasteiger partial charge in [0.25, 0.3) is 5.91 Å². The second-order valence-electron chi connectivity index (χ2n) is 7.38. The molecule has 2 aromatic carbocycles. The number of hydrogen-bond acceptors (Lipinski definition) is 5. The van der Waals surface area contributed by atoms with Gasteiger partial charge in [0.2, 0.25) is 0 Å². The molecule has 9 heteroatoms. The summed E-state index contributed by atoms with van der Waals surface area (Å²) in [6.07, 6.45) is 3.24. The number of methoxy groups -OCH3 is 1. The van der Waals surface area contributed by atoms with Crippen molar-refractivity contribution in [1.82, 2.24) is 15.1 Å². The molecule has 1 aliphatic heterocycles. The number of amides is 1. The van der Waals surface area contributed by atoms with Gasteiger partial charge in [-0.25, -0.2) is 13.9 Å². The Morgan fingerprint density at radius 1 is 1.16 bits per heavy atom. The van der Waals surface area contributed by atoms with Gasteiger partial charge in [0.15, 0.2) is 0 Å². The molecule has 0 bridgehead atoms. The van der Waals surface area contributed by atoms with E-state index in [1.807, 2.05) is 0 Å². The van der Waals surface area contributed by atoms with Crippen LogP contribution in [0.25, 0.3) is 5.69 Å². The smallest absolute Gasteiger partial charge is 0.337 e. The summed E-state index contributed by atoms with van der Waals surface area (Å²) in [5, 5.41) is 10.6. The quantitative estimate of drug-likeness (QED) is 0.566. The molecule has 0 radical (unpaired) electrons. The predicted molar refractivity (Wildman–Crippen MR) is 121 cm³/mol. The fourth-order valence-corrected chi connectivity index (χ4v) is 3.84. The molecule has 168 valence electrons. The van der Waals surface area contributed by atoms with Gasteiger partial charge in [-0.3, -0.25) is 4.79 Å². The topological polar surface area (TPSA) is 85.2 Å². The number of rotatable bonds is 5. The van der Waals surface area contributed by atoms with E-state index in [1.54, 1.807) is 41.1 Å². The Bertz CT molecular complexity index is 1090. The number of nitrogens with zero attached hydrogens (tertiary/aromatic N) is 2. The molecule has 1 amide bonds. The highest BCUT2D eigenvalue weighted by molar-refractivity contribution is 6.05. The number of nitrogens with one attached hydrogen (secondary N) is 2. The minimum atomic E-state index is -0.442. The highest BCUT2D eigenvalue weighted by Crippen LogP contribution is 2.31. The first-order valence-corrected chi connectivity index (χ1v) is 10.1. The number of benzene rings is 2. The van der Waals surface area contributed by atoms with Gasteiger partial charge in [0.1, 0.15) is 5.82 Å². The lowest BCUT2D eigenvalue weighted by Crippen LogP contribution is -2.29. The molecule has 32 heavy (non-hydrogen) atoms. The molecular weight excluding hydrogens is 435 g/mol. The Morgan fingerprint density at radius 3 is 2.53 bits per heavy atom. The van der Waals surface area contributed by atoms with E-state index in [-0.39, 0.29) is 30.0 Å². The van der Waals surface area contributed by atoms with E-state index < -0.39 is 5.97 Å². The van der Waals surface area contributed by atoms with Crippen LogP contribution in [0.1, 0.15) is 45.2 Å². The van der Waals surface area contributed by atoms with Gasteiger partial charge >= 0.3 is 5.97 Å². The third-order valence-electron chi connectivity index (χ3n) is 5.39. The zero-order chi connectivity index (χ0) is 21.8. The van der Waals surface area contributed by atoms with Crippen molar-refractivity contribution in [2.45, 2.75) is 18.8 Å². The van der Waals surface area contributed by atoms with Crippen LogP contribution in [-0.4, -0.2) is 41.9 Å². The molecule has 1 fully saturated rings. The van der Waals surface area contributed by atoms with E-state index in [1.165, 1.54) is 25.4 Å². The molecule has 7 nitrogen and oxygen atoms in total. The molecular formula is C23H24ClFN4O3. The van der Waals surface area contributed by atoms with E-state index >= 15 is 0 Å². The van der Waals surface area contributed by atoms with Crippen molar-refractivity contribution < 1.29 is 18.7 Å². The lowest BCUT2D eigenvalue weighted by molar-refractivity contribution is 0.0600. The Labute approximate surface area is 191 Å². The van der Waals surface area contributed by atoms with E-state index in [2.05, 4.69) is 15.7 Å². The minimum absolute atomic E-state index is 0. The van der Waals surface area contributed by atoms with Crippen molar-refractivity contribution in [3.8, 4) is 5.69 Å². The van der Waals surface area contributed by atoms with E-state index in [4.69, 9.17) is 4.74 Å². The van der Waals surface area contributed by atoms with Crippen LogP contribution in [0.5, 0.6) is 0 Å². The van der Waals surface area contributed by atoms with Crippen molar-refractivity contribution in [3.63, 3.8) is 0 Å². The lowest BCUT2D eigenvalue weighted by atomic mass is 9.91. The van der Waals surface area contributed by atoms with E-state index in [0.29, 0.717) is 22.5 Å². The summed E-state index contributed by atoms with van der Waals surface area (Å²) >= 11 is 0.